The Morgan fingerprint density at radius 1 is 1.15 bits per heavy atom. The number of amides is 1. The van der Waals surface area contributed by atoms with E-state index in [1.807, 2.05) is 30.3 Å². The average Bonchev–Trinajstić information content (AvgIpc) is 3.20. The molecule has 2 heterocycles. The van der Waals surface area contributed by atoms with Gasteiger partial charge in [0.1, 0.15) is 19.2 Å². The zero-order valence-electron chi connectivity index (χ0n) is 18.2. The molecule has 170 valence electrons. The first kappa shape index (κ1) is 22.8. The third-order valence-corrected chi connectivity index (χ3v) is 7.06. The number of fused-ring (bicyclic) bond motifs is 1. The summed E-state index contributed by atoms with van der Waals surface area (Å²) < 4.78 is 19.4. The first-order valence-corrected chi connectivity index (χ1v) is 13.5. The Balaban J connectivity index is 1.46. The Morgan fingerprint density at radius 3 is 2.67 bits per heavy atom. The number of ether oxygens (including phenoxy) is 1. The Bertz CT molecular complexity index is 1340. The molecule has 0 radical (unpaired) electrons. The van der Waals surface area contributed by atoms with Gasteiger partial charge in [0.15, 0.2) is 5.16 Å². The minimum atomic E-state index is -2.42. The second-order valence-corrected chi connectivity index (χ2v) is 11.6. The number of rotatable bonds is 8. The van der Waals surface area contributed by atoms with Crippen LogP contribution in [0.5, 0.6) is 5.75 Å². The smallest absolute Gasteiger partial charge is 0.260 e. The quantitative estimate of drug-likeness (QED) is 0.287. The van der Waals surface area contributed by atoms with E-state index >= 15 is 0 Å². The summed E-state index contributed by atoms with van der Waals surface area (Å²) in [5.74, 6) is 1.18. The number of carbonyl (C=O) groups is 1. The summed E-state index contributed by atoms with van der Waals surface area (Å²) >= 11 is 1.23. The molecule has 0 saturated carbocycles. The van der Waals surface area contributed by atoms with Gasteiger partial charge in [-0.25, -0.2) is 9.38 Å². The lowest BCUT2D eigenvalue weighted by Crippen LogP contribution is -2.14. The SMILES string of the molecule is COc1cc(P(C)(C)=O)ccc1Nc1ncn2c(SCC(=O)Nc3ccccc3)nnc2n1. The summed E-state index contributed by atoms with van der Waals surface area (Å²) in [5, 5.41) is 15.3. The summed E-state index contributed by atoms with van der Waals surface area (Å²) in [6, 6.07) is 14.5. The number of thioether (sulfide) groups is 1. The molecule has 2 N–H and O–H groups in total. The van der Waals surface area contributed by atoms with Gasteiger partial charge in [-0.15, -0.1) is 10.2 Å². The van der Waals surface area contributed by atoms with Crippen LogP contribution in [0.4, 0.5) is 17.3 Å². The van der Waals surface area contributed by atoms with Crippen molar-refractivity contribution < 1.29 is 14.1 Å². The molecule has 33 heavy (non-hydrogen) atoms. The van der Waals surface area contributed by atoms with Gasteiger partial charge in [0.2, 0.25) is 11.9 Å². The maximum atomic E-state index is 12.3. The van der Waals surface area contributed by atoms with Gasteiger partial charge >= 0.3 is 0 Å². The van der Waals surface area contributed by atoms with Crippen molar-refractivity contribution in [3.8, 4) is 5.75 Å². The number of nitrogens with zero attached hydrogens (tertiary/aromatic N) is 5. The highest BCUT2D eigenvalue weighted by Gasteiger charge is 2.16. The summed E-state index contributed by atoms with van der Waals surface area (Å²) in [6.07, 6.45) is 1.54. The van der Waals surface area contributed by atoms with E-state index in [1.165, 1.54) is 18.1 Å². The Kier molecular flexibility index (Phi) is 6.62. The summed E-state index contributed by atoms with van der Waals surface area (Å²) in [6.45, 7) is 3.41. The van der Waals surface area contributed by atoms with Crippen molar-refractivity contribution in [2.75, 3.05) is 36.8 Å². The number of nitrogens with one attached hydrogen (secondary N) is 2. The molecular formula is C21H22N7O3PS. The van der Waals surface area contributed by atoms with E-state index in [4.69, 9.17) is 4.74 Å². The van der Waals surface area contributed by atoms with Gasteiger partial charge in [0.25, 0.3) is 5.78 Å². The largest absolute Gasteiger partial charge is 0.495 e. The Morgan fingerprint density at radius 2 is 1.94 bits per heavy atom. The molecule has 0 unspecified atom stereocenters. The second kappa shape index (κ2) is 9.60. The summed E-state index contributed by atoms with van der Waals surface area (Å²) in [5.41, 5.74) is 1.36. The summed E-state index contributed by atoms with van der Waals surface area (Å²) in [4.78, 5) is 20.9. The van der Waals surface area contributed by atoms with Crippen molar-refractivity contribution in [1.29, 1.82) is 0 Å². The lowest BCUT2D eigenvalue weighted by Gasteiger charge is -2.13. The number of carbonyl (C=O) groups excluding carboxylic acids is 1. The number of benzene rings is 2. The monoisotopic (exact) mass is 483 g/mol. The van der Waals surface area contributed by atoms with Crippen LogP contribution in [-0.2, 0) is 9.36 Å². The van der Waals surface area contributed by atoms with Crippen LogP contribution in [0, 0.1) is 0 Å². The third kappa shape index (κ3) is 5.50. The van der Waals surface area contributed by atoms with Gasteiger partial charge in [-0.2, -0.15) is 4.98 Å². The standard InChI is InChI=1S/C21H22N7O3PS/c1-31-17-11-15(32(2,3)30)9-10-16(17)24-19-22-13-28-20(25-19)26-27-21(28)33-12-18(29)23-14-7-5-4-6-8-14/h4-11,13H,12H2,1-3H3,(H,23,29)(H,24,25,26). The van der Waals surface area contributed by atoms with Crippen molar-refractivity contribution in [2.45, 2.75) is 5.16 Å². The van der Waals surface area contributed by atoms with Crippen LogP contribution in [0.2, 0.25) is 0 Å². The van der Waals surface area contributed by atoms with E-state index in [1.54, 1.807) is 43.0 Å². The molecule has 10 nitrogen and oxygen atoms in total. The van der Waals surface area contributed by atoms with E-state index < -0.39 is 7.14 Å². The van der Waals surface area contributed by atoms with Gasteiger partial charge in [-0.3, -0.25) is 4.79 Å². The average molecular weight is 483 g/mol. The van der Waals surface area contributed by atoms with Crippen molar-refractivity contribution in [1.82, 2.24) is 24.6 Å². The highest BCUT2D eigenvalue weighted by molar-refractivity contribution is 7.99. The van der Waals surface area contributed by atoms with Crippen LogP contribution < -0.4 is 20.7 Å². The maximum absolute atomic E-state index is 12.3. The predicted octanol–water partition coefficient (Wildman–Crippen LogP) is 3.25. The zero-order valence-corrected chi connectivity index (χ0v) is 19.9. The third-order valence-electron chi connectivity index (χ3n) is 4.59. The van der Waals surface area contributed by atoms with Crippen LogP contribution in [0.3, 0.4) is 0 Å². The molecule has 2 aromatic heterocycles. The molecule has 0 atom stereocenters. The fraction of sp³-hybridized carbons (Fsp3) is 0.190. The number of hydrogen-bond acceptors (Lipinski definition) is 9. The molecule has 0 aliphatic carbocycles. The van der Waals surface area contributed by atoms with Crippen LogP contribution in [0.25, 0.3) is 5.78 Å². The topological polar surface area (TPSA) is 123 Å². The highest BCUT2D eigenvalue weighted by Crippen LogP contribution is 2.37. The van der Waals surface area contributed by atoms with E-state index in [-0.39, 0.29) is 11.7 Å². The number of anilines is 3. The van der Waals surface area contributed by atoms with Gasteiger partial charge in [0.05, 0.1) is 18.6 Å². The summed E-state index contributed by atoms with van der Waals surface area (Å²) in [7, 11) is -0.873. The lowest BCUT2D eigenvalue weighted by molar-refractivity contribution is -0.113. The van der Waals surface area contributed by atoms with Crippen molar-refractivity contribution >= 4 is 53.2 Å². The Labute approximate surface area is 194 Å². The number of hydrogen-bond donors (Lipinski definition) is 2. The molecular weight excluding hydrogens is 461 g/mol. The van der Waals surface area contributed by atoms with Crippen molar-refractivity contribution in [2.24, 2.45) is 0 Å². The van der Waals surface area contributed by atoms with Crippen molar-refractivity contribution in [3.05, 3.63) is 54.9 Å². The molecule has 0 fully saturated rings. The minimum Gasteiger partial charge on any atom is -0.495 e. The first-order chi connectivity index (χ1) is 15.8. The fourth-order valence-electron chi connectivity index (χ4n) is 2.93. The molecule has 1 amide bonds. The van der Waals surface area contributed by atoms with Gasteiger partial charge in [0, 0.05) is 11.0 Å². The fourth-order valence-corrected chi connectivity index (χ4v) is 4.49. The molecule has 0 aliphatic rings. The molecule has 0 saturated heterocycles. The first-order valence-electron chi connectivity index (χ1n) is 9.89. The number of aromatic nitrogens is 5. The normalized spacial score (nSPS) is 11.4. The van der Waals surface area contributed by atoms with Crippen LogP contribution in [0.1, 0.15) is 0 Å². The van der Waals surface area contributed by atoms with Gasteiger partial charge in [-0.1, -0.05) is 30.0 Å². The molecule has 4 aromatic rings. The predicted molar refractivity (Wildman–Crippen MR) is 130 cm³/mol. The van der Waals surface area contributed by atoms with E-state index in [0.717, 1.165) is 11.0 Å². The maximum Gasteiger partial charge on any atom is 0.260 e. The zero-order chi connectivity index (χ0) is 23.4. The van der Waals surface area contributed by atoms with E-state index in [9.17, 15) is 9.36 Å². The minimum absolute atomic E-state index is 0.151. The van der Waals surface area contributed by atoms with E-state index in [0.29, 0.717) is 28.3 Å². The number of methoxy groups -OCH3 is 1. The molecule has 0 spiro atoms. The molecule has 12 heteroatoms. The van der Waals surface area contributed by atoms with Crippen molar-refractivity contribution in [3.63, 3.8) is 0 Å². The van der Waals surface area contributed by atoms with Gasteiger partial charge in [-0.05, 0) is 43.7 Å². The highest BCUT2D eigenvalue weighted by atomic mass is 32.2. The van der Waals surface area contributed by atoms with Crippen LogP contribution in [-0.4, -0.2) is 56.7 Å². The van der Waals surface area contributed by atoms with Crippen LogP contribution in [0.15, 0.2) is 60.0 Å². The van der Waals surface area contributed by atoms with E-state index in [2.05, 4.69) is 30.8 Å². The Hall–Kier alpha value is -3.43. The number of para-hydroxylation sites is 1. The van der Waals surface area contributed by atoms with Gasteiger partial charge < -0.3 is 19.9 Å². The molecule has 0 bridgehead atoms. The molecule has 4 rings (SSSR count). The molecule has 2 aromatic carbocycles. The molecule has 0 aliphatic heterocycles. The van der Waals surface area contributed by atoms with Crippen LogP contribution >= 0.6 is 18.9 Å². The second-order valence-electron chi connectivity index (χ2n) is 7.40. The lowest BCUT2D eigenvalue weighted by atomic mass is 10.3.